The van der Waals surface area contributed by atoms with E-state index in [-0.39, 0.29) is 5.91 Å². The van der Waals surface area contributed by atoms with Gasteiger partial charge in [-0.15, -0.1) is 0 Å². The highest BCUT2D eigenvalue weighted by molar-refractivity contribution is 5.73. The third kappa shape index (κ3) is 0.948. The number of fused-ring (bicyclic) bond motifs is 1. The number of nitrogens with zero attached hydrogens (tertiary/aromatic N) is 1. The first-order valence-corrected chi connectivity index (χ1v) is 4.17. The Kier molecular flexibility index (Phi) is 1.42. The molecule has 3 atom stereocenters. The molecule has 1 aliphatic heterocycles. The molecule has 2 aliphatic rings. The maximum Gasteiger partial charge on any atom is 0.219 e. The third-order valence-corrected chi connectivity index (χ3v) is 2.97. The number of rotatable bonds is 1. The van der Waals surface area contributed by atoms with Crippen LogP contribution in [0.15, 0.2) is 0 Å². The van der Waals surface area contributed by atoms with E-state index in [1.54, 1.807) is 6.92 Å². The van der Waals surface area contributed by atoms with Crippen molar-refractivity contribution in [1.29, 1.82) is 0 Å². The lowest BCUT2D eigenvalue weighted by molar-refractivity contribution is -0.128. The molecule has 0 aromatic heterocycles. The van der Waals surface area contributed by atoms with Crippen molar-refractivity contribution in [3.63, 3.8) is 0 Å². The first-order chi connectivity index (χ1) is 5.24. The van der Waals surface area contributed by atoms with Gasteiger partial charge < -0.3 is 10.2 Å². The van der Waals surface area contributed by atoms with E-state index >= 15 is 0 Å². The predicted octanol–water partition coefficient (Wildman–Crippen LogP) is -0.317. The second-order valence-corrected chi connectivity index (χ2v) is 3.57. The van der Waals surface area contributed by atoms with Crippen LogP contribution in [0.1, 0.15) is 6.92 Å². The first-order valence-electron chi connectivity index (χ1n) is 4.17. The SMILES string of the molecule is CNC1[C@H]2CN(C(C)=O)C[C@@H]12. The molecule has 2 rings (SSSR count). The summed E-state index contributed by atoms with van der Waals surface area (Å²) in [5.41, 5.74) is 0. The molecule has 1 saturated carbocycles. The van der Waals surface area contributed by atoms with Gasteiger partial charge in [-0.3, -0.25) is 4.79 Å². The molecule has 0 radical (unpaired) electrons. The van der Waals surface area contributed by atoms with Crippen LogP contribution >= 0.6 is 0 Å². The van der Waals surface area contributed by atoms with Crippen molar-refractivity contribution in [2.75, 3.05) is 20.1 Å². The van der Waals surface area contributed by atoms with Crippen molar-refractivity contribution < 1.29 is 4.79 Å². The van der Waals surface area contributed by atoms with Crippen LogP contribution < -0.4 is 5.32 Å². The Balaban J connectivity index is 1.89. The molecule has 3 heteroatoms. The van der Waals surface area contributed by atoms with Crippen molar-refractivity contribution in [3.8, 4) is 0 Å². The lowest BCUT2D eigenvalue weighted by Gasteiger charge is -2.17. The van der Waals surface area contributed by atoms with Gasteiger partial charge in [-0.2, -0.15) is 0 Å². The van der Waals surface area contributed by atoms with Gasteiger partial charge in [0.05, 0.1) is 0 Å². The van der Waals surface area contributed by atoms with Crippen molar-refractivity contribution >= 4 is 5.91 Å². The molecule has 1 heterocycles. The highest BCUT2D eigenvalue weighted by Gasteiger charge is 2.55. The zero-order valence-corrected chi connectivity index (χ0v) is 7.00. The number of hydrogen-bond donors (Lipinski definition) is 1. The number of piperidine rings is 1. The molecular weight excluding hydrogens is 140 g/mol. The minimum atomic E-state index is 0.229. The number of carbonyl (C=O) groups is 1. The van der Waals surface area contributed by atoms with E-state index in [0.29, 0.717) is 6.04 Å². The smallest absolute Gasteiger partial charge is 0.219 e. The molecule has 0 aromatic carbocycles. The van der Waals surface area contributed by atoms with Crippen LogP contribution in [-0.2, 0) is 4.79 Å². The van der Waals surface area contributed by atoms with E-state index < -0.39 is 0 Å². The summed E-state index contributed by atoms with van der Waals surface area (Å²) < 4.78 is 0. The maximum atomic E-state index is 10.9. The highest BCUT2D eigenvalue weighted by Crippen LogP contribution is 2.44. The van der Waals surface area contributed by atoms with Gasteiger partial charge in [0.1, 0.15) is 0 Å². The summed E-state index contributed by atoms with van der Waals surface area (Å²) in [6.45, 7) is 3.61. The Morgan fingerprint density at radius 1 is 1.45 bits per heavy atom. The molecule has 0 bridgehead atoms. The summed E-state index contributed by atoms with van der Waals surface area (Å²) in [6.07, 6.45) is 0. The minimum absolute atomic E-state index is 0.229. The topological polar surface area (TPSA) is 32.3 Å². The standard InChI is InChI=1S/C8H14N2O/c1-5(11)10-3-6-7(4-10)8(6)9-2/h6-9H,3-4H2,1-2H3/t6-,7+,8?. The summed E-state index contributed by atoms with van der Waals surface area (Å²) in [5.74, 6) is 1.74. The average Bonchev–Trinajstić information content (AvgIpc) is 2.41. The van der Waals surface area contributed by atoms with Crippen molar-refractivity contribution in [3.05, 3.63) is 0 Å². The fraction of sp³-hybridized carbons (Fsp3) is 0.875. The summed E-state index contributed by atoms with van der Waals surface area (Å²) in [6, 6.07) is 0.700. The van der Waals surface area contributed by atoms with E-state index in [1.807, 2.05) is 11.9 Å². The van der Waals surface area contributed by atoms with Crippen LogP contribution in [0, 0.1) is 11.8 Å². The molecular formula is C8H14N2O. The zero-order chi connectivity index (χ0) is 8.01. The molecule has 2 fully saturated rings. The first kappa shape index (κ1) is 7.10. The highest BCUT2D eigenvalue weighted by atomic mass is 16.2. The van der Waals surface area contributed by atoms with Crippen molar-refractivity contribution in [1.82, 2.24) is 10.2 Å². The molecule has 3 nitrogen and oxygen atoms in total. The summed E-state index contributed by atoms with van der Waals surface area (Å²) >= 11 is 0. The van der Waals surface area contributed by atoms with Gasteiger partial charge in [-0.25, -0.2) is 0 Å². The zero-order valence-electron chi connectivity index (χ0n) is 7.00. The predicted molar refractivity (Wildman–Crippen MR) is 42.1 cm³/mol. The Morgan fingerprint density at radius 2 is 2.00 bits per heavy atom. The molecule has 1 unspecified atom stereocenters. The van der Waals surface area contributed by atoms with E-state index in [0.717, 1.165) is 24.9 Å². The van der Waals surface area contributed by atoms with Crippen LogP contribution in [0.4, 0.5) is 0 Å². The van der Waals surface area contributed by atoms with Gasteiger partial charge >= 0.3 is 0 Å². The van der Waals surface area contributed by atoms with Gasteiger partial charge in [0.25, 0.3) is 0 Å². The Hall–Kier alpha value is -0.570. The van der Waals surface area contributed by atoms with E-state index in [9.17, 15) is 4.79 Å². The number of nitrogens with one attached hydrogen (secondary N) is 1. The number of amides is 1. The van der Waals surface area contributed by atoms with Gasteiger partial charge in [0, 0.05) is 26.1 Å². The van der Waals surface area contributed by atoms with Crippen molar-refractivity contribution in [2.24, 2.45) is 11.8 Å². The molecule has 1 saturated heterocycles. The van der Waals surface area contributed by atoms with Crippen LogP contribution in [-0.4, -0.2) is 37.0 Å². The summed E-state index contributed by atoms with van der Waals surface area (Å²) in [5, 5.41) is 3.26. The number of likely N-dealkylation sites (tertiary alicyclic amines) is 1. The second-order valence-electron chi connectivity index (χ2n) is 3.57. The molecule has 0 aromatic rings. The van der Waals surface area contributed by atoms with Crippen LogP contribution in [0.2, 0.25) is 0 Å². The van der Waals surface area contributed by atoms with E-state index in [2.05, 4.69) is 5.32 Å². The fourth-order valence-electron chi connectivity index (χ4n) is 2.21. The van der Waals surface area contributed by atoms with Gasteiger partial charge in [0.15, 0.2) is 0 Å². The van der Waals surface area contributed by atoms with Crippen LogP contribution in [0.5, 0.6) is 0 Å². The Morgan fingerprint density at radius 3 is 2.36 bits per heavy atom. The Labute approximate surface area is 66.8 Å². The average molecular weight is 154 g/mol. The monoisotopic (exact) mass is 154 g/mol. The van der Waals surface area contributed by atoms with Crippen LogP contribution in [0.3, 0.4) is 0 Å². The normalized spacial score (nSPS) is 40.5. The molecule has 1 N–H and O–H groups in total. The van der Waals surface area contributed by atoms with E-state index in [1.165, 1.54) is 0 Å². The van der Waals surface area contributed by atoms with Crippen molar-refractivity contribution in [2.45, 2.75) is 13.0 Å². The quantitative estimate of drug-likeness (QED) is 0.561. The number of carbonyl (C=O) groups excluding carboxylic acids is 1. The fourth-order valence-corrected chi connectivity index (χ4v) is 2.21. The molecule has 1 aliphatic carbocycles. The molecule has 0 spiro atoms. The van der Waals surface area contributed by atoms with Gasteiger partial charge in [-0.1, -0.05) is 0 Å². The lowest BCUT2D eigenvalue weighted by Crippen LogP contribution is -2.32. The lowest BCUT2D eigenvalue weighted by atomic mass is 10.4. The van der Waals surface area contributed by atoms with E-state index in [4.69, 9.17) is 0 Å². The number of hydrogen-bond acceptors (Lipinski definition) is 2. The molecule has 1 amide bonds. The van der Waals surface area contributed by atoms with Crippen LogP contribution in [0.25, 0.3) is 0 Å². The maximum absolute atomic E-state index is 10.9. The third-order valence-electron chi connectivity index (χ3n) is 2.97. The largest absolute Gasteiger partial charge is 0.342 e. The Bertz CT molecular complexity index is 181. The minimum Gasteiger partial charge on any atom is -0.342 e. The molecule has 11 heavy (non-hydrogen) atoms. The molecule has 62 valence electrons. The second kappa shape index (κ2) is 2.21. The van der Waals surface area contributed by atoms with Gasteiger partial charge in [0.2, 0.25) is 5.91 Å². The summed E-state index contributed by atoms with van der Waals surface area (Å²) in [4.78, 5) is 12.9. The van der Waals surface area contributed by atoms with Gasteiger partial charge in [-0.05, 0) is 18.9 Å². The summed E-state index contributed by atoms with van der Waals surface area (Å²) in [7, 11) is 2.00.